The maximum atomic E-state index is 11.3. The van der Waals surface area contributed by atoms with Gasteiger partial charge < -0.3 is 10.5 Å². The highest BCUT2D eigenvalue weighted by Gasteiger charge is 2.07. The lowest BCUT2D eigenvalue weighted by atomic mass is 10.1. The molecule has 1 amide bonds. The third-order valence-corrected chi connectivity index (χ3v) is 2.28. The number of primary amides is 1. The molecule has 0 atom stereocenters. The number of hydrogen-bond acceptors (Lipinski definition) is 3. The van der Waals surface area contributed by atoms with Gasteiger partial charge in [0.1, 0.15) is 5.75 Å². The fourth-order valence-electron chi connectivity index (χ4n) is 1.41. The Morgan fingerprint density at radius 3 is 3.00 bits per heavy atom. The van der Waals surface area contributed by atoms with Crippen molar-refractivity contribution in [3.05, 3.63) is 45.8 Å². The molecule has 0 heterocycles. The number of ether oxygens (including phenoxy) is 1. The van der Waals surface area contributed by atoms with Crippen molar-refractivity contribution in [1.82, 2.24) is 0 Å². The van der Waals surface area contributed by atoms with Crippen LogP contribution in [0.15, 0.2) is 29.4 Å². The van der Waals surface area contributed by atoms with Gasteiger partial charge in [0.2, 0.25) is 5.91 Å². The van der Waals surface area contributed by atoms with Gasteiger partial charge in [-0.2, -0.15) is 0 Å². The minimum Gasteiger partial charge on any atom is -0.497 e. The van der Waals surface area contributed by atoms with E-state index in [-0.39, 0.29) is 0 Å². The van der Waals surface area contributed by atoms with Crippen LogP contribution in [-0.4, -0.2) is 19.6 Å². The van der Waals surface area contributed by atoms with Gasteiger partial charge >= 0.3 is 0 Å². The van der Waals surface area contributed by atoms with Crippen molar-refractivity contribution in [2.45, 2.75) is 6.42 Å². The molecule has 6 heteroatoms. The van der Waals surface area contributed by atoms with E-state index >= 15 is 0 Å². The Hall–Kier alpha value is -2.46. The van der Waals surface area contributed by atoms with Crippen LogP contribution >= 0.6 is 0 Å². The monoisotopic (exact) mass is 246 g/mol. The molecule has 18 heavy (non-hydrogen) atoms. The van der Waals surface area contributed by atoms with Gasteiger partial charge in [-0.05, 0) is 29.6 Å². The zero-order chi connectivity index (χ0) is 13.4. The molecule has 0 radical (unpaired) electrons. The first-order valence-electron chi connectivity index (χ1n) is 5.34. The molecule has 2 N–H and O–H groups in total. The summed E-state index contributed by atoms with van der Waals surface area (Å²) in [5.41, 5.74) is 14.5. The molecular weight excluding hydrogens is 232 g/mol. The molecule has 0 unspecified atom stereocenters. The Bertz CT molecular complexity index is 505. The summed E-state index contributed by atoms with van der Waals surface area (Å²) in [4.78, 5) is 13.9. The van der Waals surface area contributed by atoms with E-state index in [0.29, 0.717) is 29.8 Å². The number of hydrogen-bond donors (Lipinski definition) is 1. The summed E-state index contributed by atoms with van der Waals surface area (Å²) in [6, 6.07) is 5.10. The highest BCUT2D eigenvalue weighted by Crippen LogP contribution is 2.18. The molecule has 0 saturated heterocycles. The van der Waals surface area contributed by atoms with Crippen molar-refractivity contribution < 1.29 is 9.53 Å². The summed E-state index contributed by atoms with van der Waals surface area (Å²) in [7, 11) is 1.52. The van der Waals surface area contributed by atoms with Crippen LogP contribution in [0.25, 0.3) is 16.5 Å². The van der Waals surface area contributed by atoms with Crippen LogP contribution in [0.2, 0.25) is 0 Å². The lowest BCUT2D eigenvalue weighted by molar-refractivity contribution is 0.1000. The first kappa shape index (κ1) is 13.6. The molecular formula is C12H14N4O2. The lowest BCUT2D eigenvalue weighted by Gasteiger charge is -2.05. The number of rotatable bonds is 6. The van der Waals surface area contributed by atoms with E-state index in [4.69, 9.17) is 16.0 Å². The van der Waals surface area contributed by atoms with Gasteiger partial charge in [-0.15, -0.1) is 0 Å². The molecule has 0 aromatic heterocycles. The van der Waals surface area contributed by atoms with Crippen LogP contribution in [-0.2, 0) is 0 Å². The summed E-state index contributed by atoms with van der Waals surface area (Å²) in [5.74, 6) is 0.0682. The SMILES string of the molecule is COc1ccc(C=CCCN=[N+]=[N-])c(C(N)=O)c1. The van der Waals surface area contributed by atoms with Crippen molar-refractivity contribution >= 4 is 12.0 Å². The van der Waals surface area contributed by atoms with Crippen LogP contribution in [0.5, 0.6) is 5.75 Å². The van der Waals surface area contributed by atoms with E-state index < -0.39 is 5.91 Å². The summed E-state index contributed by atoms with van der Waals surface area (Å²) in [6.07, 6.45) is 4.20. The number of amides is 1. The normalized spacial score (nSPS) is 10.1. The third kappa shape index (κ3) is 3.84. The van der Waals surface area contributed by atoms with E-state index in [9.17, 15) is 4.79 Å². The largest absolute Gasteiger partial charge is 0.497 e. The van der Waals surface area contributed by atoms with Gasteiger partial charge in [0.05, 0.1) is 7.11 Å². The van der Waals surface area contributed by atoms with Gasteiger partial charge in [0.25, 0.3) is 0 Å². The minimum atomic E-state index is -0.511. The molecule has 0 aliphatic heterocycles. The number of carbonyl (C=O) groups excluding carboxylic acids is 1. The van der Waals surface area contributed by atoms with Crippen molar-refractivity contribution in [2.24, 2.45) is 10.8 Å². The zero-order valence-corrected chi connectivity index (χ0v) is 10.0. The average molecular weight is 246 g/mol. The first-order valence-corrected chi connectivity index (χ1v) is 5.34. The van der Waals surface area contributed by atoms with Gasteiger partial charge in [-0.1, -0.05) is 23.3 Å². The maximum Gasteiger partial charge on any atom is 0.249 e. The molecule has 0 aliphatic rings. The smallest absolute Gasteiger partial charge is 0.249 e. The number of benzene rings is 1. The second-order valence-corrected chi connectivity index (χ2v) is 3.46. The number of nitrogens with two attached hydrogens (primary N) is 1. The quantitative estimate of drug-likeness (QED) is 0.361. The predicted molar refractivity (Wildman–Crippen MR) is 69.2 cm³/mol. The van der Waals surface area contributed by atoms with Gasteiger partial charge in [-0.25, -0.2) is 0 Å². The molecule has 1 aromatic carbocycles. The first-order chi connectivity index (χ1) is 8.69. The van der Waals surface area contributed by atoms with Crippen LogP contribution in [0.3, 0.4) is 0 Å². The van der Waals surface area contributed by atoms with Crippen LogP contribution < -0.4 is 10.5 Å². The molecule has 0 bridgehead atoms. The molecule has 1 rings (SSSR count). The maximum absolute atomic E-state index is 11.3. The number of carbonyl (C=O) groups is 1. The molecule has 0 aliphatic carbocycles. The van der Waals surface area contributed by atoms with Crippen LogP contribution in [0.1, 0.15) is 22.3 Å². The molecule has 94 valence electrons. The second kappa shape index (κ2) is 6.98. The number of methoxy groups -OCH3 is 1. The minimum absolute atomic E-state index is 0.384. The summed E-state index contributed by atoms with van der Waals surface area (Å²) in [6.45, 7) is 0.384. The Morgan fingerprint density at radius 2 is 2.39 bits per heavy atom. The zero-order valence-electron chi connectivity index (χ0n) is 10.0. The molecule has 0 spiro atoms. The summed E-state index contributed by atoms with van der Waals surface area (Å²) >= 11 is 0. The predicted octanol–water partition coefficient (Wildman–Crippen LogP) is 2.51. The fourth-order valence-corrected chi connectivity index (χ4v) is 1.41. The topological polar surface area (TPSA) is 101 Å². The standard InChI is InChI=1S/C12H14N4O2/c1-18-10-6-5-9(11(8-10)12(13)17)4-2-3-7-15-16-14/h2,4-6,8H,3,7H2,1H3,(H2,13,17). The highest BCUT2D eigenvalue weighted by atomic mass is 16.5. The highest BCUT2D eigenvalue weighted by molar-refractivity contribution is 5.97. The second-order valence-electron chi connectivity index (χ2n) is 3.46. The van der Waals surface area contributed by atoms with Gasteiger partial charge in [0, 0.05) is 17.0 Å². The Balaban J connectivity index is 2.87. The van der Waals surface area contributed by atoms with E-state index in [2.05, 4.69) is 10.0 Å². The van der Waals surface area contributed by atoms with Gasteiger partial charge in [0.15, 0.2) is 0 Å². The average Bonchev–Trinajstić information content (AvgIpc) is 2.38. The van der Waals surface area contributed by atoms with Gasteiger partial charge in [-0.3, -0.25) is 4.79 Å². The van der Waals surface area contributed by atoms with E-state index in [1.165, 1.54) is 7.11 Å². The molecule has 1 aromatic rings. The van der Waals surface area contributed by atoms with Crippen LogP contribution in [0, 0.1) is 0 Å². The summed E-state index contributed by atoms with van der Waals surface area (Å²) in [5, 5.41) is 3.41. The van der Waals surface area contributed by atoms with E-state index in [1.54, 1.807) is 24.3 Å². The van der Waals surface area contributed by atoms with Crippen molar-refractivity contribution in [3.8, 4) is 5.75 Å². The third-order valence-electron chi connectivity index (χ3n) is 2.28. The fraction of sp³-hybridized carbons (Fsp3) is 0.250. The number of azide groups is 1. The molecule has 0 fully saturated rings. The van der Waals surface area contributed by atoms with Crippen molar-refractivity contribution in [3.63, 3.8) is 0 Å². The van der Waals surface area contributed by atoms with E-state index in [1.807, 2.05) is 6.08 Å². The molecule has 6 nitrogen and oxygen atoms in total. The molecule has 0 saturated carbocycles. The Morgan fingerprint density at radius 1 is 1.61 bits per heavy atom. The Kier molecular flexibility index (Phi) is 5.28. The van der Waals surface area contributed by atoms with E-state index in [0.717, 1.165) is 0 Å². The lowest BCUT2D eigenvalue weighted by Crippen LogP contribution is -2.12. The van der Waals surface area contributed by atoms with Crippen molar-refractivity contribution in [1.29, 1.82) is 0 Å². The number of nitrogens with zero attached hydrogens (tertiary/aromatic N) is 3. The summed E-state index contributed by atoms with van der Waals surface area (Å²) < 4.78 is 5.03. The Labute approximate surface area is 105 Å². The van der Waals surface area contributed by atoms with Crippen LogP contribution in [0.4, 0.5) is 0 Å². The van der Waals surface area contributed by atoms with Crippen molar-refractivity contribution in [2.75, 3.05) is 13.7 Å².